The second-order valence-electron chi connectivity index (χ2n) is 19.0. The first kappa shape index (κ1) is 50.3. The molecule has 0 aliphatic heterocycles. The van der Waals surface area contributed by atoms with E-state index in [0.29, 0.717) is 43.4 Å². The number of hydrogen-bond donors (Lipinski definition) is 4. The van der Waals surface area contributed by atoms with E-state index in [1.165, 1.54) is 97.4 Å². The normalized spacial score (nSPS) is 15.8. The van der Waals surface area contributed by atoms with Gasteiger partial charge in [0.2, 0.25) is 0 Å². The van der Waals surface area contributed by atoms with Crippen LogP contribution in [0.15, 0.2) is 175 Å². The second-order valence-corrected chi connectivity index (χ2v) is 23.4. The molecule has 0 aromatic heterocycles. The highest BCUT2D eigenvalue weighted by Gasteiger charge is 2.38. The average Bonchev–Trinajstić information content (AvgIpc) is 3.36. The highest BCUT2D eigenvalue weighted by atomic mass is 32.2. The van der Waals surface area contributed by atoms with Gasteiger partial charge >= 0.3 is 0 Å². The Bertz CT molecular complexity index is 3170. The Balaban J connectivity index is 1.09. The summed E-state index contributed by atoms with van der Waals surface area (Å²) < 4.78 is 38.1. The van der Waals surface area contributed by atoms with E-state index in [2.05, 4.69) is 96.2 Å². The largest absolute Gasteiger partial charge is 0.355 e. The summed E-state index contributed by atoms with van der Waals surface area (Å²) in [6, 6.07) is 45.3. The molecule has 7 aromatic carbocycles. The molecule has 0 atom stereocenters. The zero-order valence-electron chi connectivity index (χ0n) is 39.7. The van der Waals surface area contributed by atoms with Crippen molar-refractivity contribution >= 4 is 80.0 Å². The molecule has 7 aromatic rings. The molecule has 0 heterocycles. The third-order valence-corrected chi connectivity index (χ3v) is 16.9. The summed E-state index contributed by atoms with van der Waals surface area (Å²) in [6.07, 6.45) is 7.70. The molecule has 0 spiro atoms. The molecule has 0 bridgehead atoms. The first-order valence-corrected chi connectivity index (χ1v) is 27.4. The Morgan fingerprint density at radius 1 is 0.592 bits per heavy atom. The Kier molecular flexibility index (Phi) is 15.3. The van der Waals surface area contributed by atoms with Crippen molar-refractivity contribution in [3.05, 3.63) is 179 Å². The van der Waals surface area contributed by atoms with E-state index in [0.717, 1.165) is 38.9 Å². The van der Waals surface area contributed by atoms with Crippen LogP contribution in [0.5, 0.6) is 0 Å². The van der Waals surface area contributed by atoms with Crippen LogP contribution < -0.4 is 10.6 Å². The van der Waals surface area contributed by atoms with Crippen LogP contribution in [0.1, 0.15) is 115 Å². The van der Waals surface area contributed by atoms with Crippen LogP contribution in [-0.2, 0) is 24.9 Å². The molecule has 1 saturated carbocycles. The van der Waals surface area contributed by atoms with E-state index in [-0.39, 0.29) is 38.3 Å². The van der Waals surface area contributed by atoms with Gasteiger partial charge in [0.05, 0.1) is 39.4 Å². The summed E-state index contributed by atoms with van der Waals surface area (Å²) in [5, 5.41) is 19.1. The number of rotatable bonds is 16. The molecule has 0 amide bonds. The van der Waals surface area contributed by atoms with Gasteiger partial charge < -0.3 is 10.6 Å². The highest BCUT2D eigenvalue weighted by Crippen LogP contribution is 2.47. The van der Waals surface area contributed by atoms with Gasteiger partial charge in [0, 0.05) is 47.0 Å². The zero-order valence-corrected chi connectivity index (χ0v) is 43.0. The van der Waals surface area contributed by atoms with E-state index in [1.807, 2.05) is 36.4 Å². The lowest BCUT2D eigenvalue weighted by atomic mass is 9.77. The number of ketones is 2. The number of benzene rings is 7. The minimum atomic E-state index is -4.45. The molecule has 364 valence electrons. The predicted octanol–water partition coefficient (Wildman–Crippen LogP) is 16.0. The molecule has 0 unspecified atom stereocenters. The molecule has 10 nitrogen and oxygen atoms in total. The highest BCUT2D eigenvalue weighted by molar-refractivity contribution is 7.99. The van der Waals surface area contributed by atoms with E-state index in [9.17, 15) is 13.0 Å². The third-order valence-electron chi connectivity index (χ3n) is 13.3. The SMILES string of the molecule is CCCC1CCC(c2ccc(-c3ccc(Sc4ccc(Nc5ccc(S(=O)(=O)O)cc5)c5c4C(=O)c4c(Sc6ccc(C(C)(C)C)cc6)ccc(Nc6ccc(SOOO)cc6)c4C5=O)cc3)cc2)CC1. The summed E-state index contributed by atoms with van der Waals surface area (Å²) in [4.78, 5) is 34.5. The lowest BCUT2D eigenvalue weighted by Crippen LogP contribution is -2.25. The Morgan fingerprint density at radius 2 is 1.06 bits per heavy atom. The summed E-state index contributed by atoms with van der Waals surface area (Å²) in [6.45, 7) is 8.74. The molecule has 0 radical (unpaired) electrons. The van der Waals surface area contributed by atoms with Gasteiger partial charge in [0.25, 0.3) is 10.1 Å². The van der Waals surface area contributed by atoms with Gasteiger partial charge in [-0.25, -0.2) is 5.26 Å². The number of carbonyl (C=O) groups is 2. The van der Waals surface area contributed by atoms with Gasteiger partial charge in [-0.15, -0.1) is 4.33 Å². The maximum Gasteiger partial charge on any atom is 0.294 e. The van der Waals surface area contributed by atoms with Gasteiger partial charge in [-0.05, 0) is 162 Å². The lowest BCUT2D eigenvalue weighted by molar-refractivity contribution is -0.432. The quantitative estimate of drug-likeness (QED) is 0.0315. The topological polar surface area (TPSA) is 151 Å². The summed E-state index contributed by atoms with van der Waals surface area (Å²) in [5.41, 5.74) is 7.39. The molecule has 14 heteroatoms. The fourth-order valence-corrected chi connectivity index (χ4v) is 12.3. The van der Waals surface area contributed by atoms with Crippen molar-refractivity contribution in [3.63, 3.8) is 0 Å². The van der Waals surface area contributed by atoms with Crippen molar-refractivity contribution in [2.75, 3.05) is 10.6 Å². The summed E-state index contributed by atoms with van der Waals surface area (Å²) >= 11 is 3.63. The molecule has 1 fully saturated rings. The van der Waals surface area contributed by atoms with Gasteiger partial charge in [-0.1, -0.05) is 118 Å². The molecule has 0 saturated heterocycles. The fourth-order valence-electron chi connectivity index (χ4n) is 9.52. The van der Waals surface area contributed by atoms with Crippen molar-refractivity contribution in [1.82, 2.24) is 0 Å². The van der Waals surface area contributed by atoms with Gasteiger partial charge in [-0.3, -0.25) is 14.1 Å². The van der Waals surface area contributed by atoms with E-state index < -0.39 is 15.9 Å². The maximum absolute atomic E-state index is 15.6. The average molecular weight is 1020 g/mol. The van der Waals surface area contributed by atoms with Crippen LogP contribution in [0.3, 0.4) is 0 Å². The predicted molar refractivity (Wildman–Crippen MR) is 285 cm³/mol. The minimum absolute atomic E-state index is 0.0603. The number of carbonyl (C=O) groups excluding carboxylic acids is 2. The summed E-state index contributed by atoms with van der Waals surface area (Å²) in [7, 11) is -4.45. The van der Waals surface area contributed by atoms with Crippen LogP contribution in [0.2, 0.25) is 0 Å². The van der Waals surface area contributed by atoms with Crippen molar-refractivity contribution in [2.45, 2.75) is 107 Å². The molecule has 9 rings (SSSR count). The molecule has 71 heavy (non-hydrogen) atoms. The number of nitrogens with one attached hydrogen (secondary N) is 2. The third kappa shape index (κ3) is 11.5. The van der Waals surface area contributed by atoms with E-state index in [1.54, 1.807) is 36.4 Å². The van der Waals surface area contributed by atoms with Crippen LogP contribution in [-0.4, -0.2) is 29.8 Å². The standard InChI is InChI=1S/C57H54N2O8S4/c1-5-6-35-7-9-36(10-8-35)37-11-13-38(14-12-37)39-15-23-43(24-16-39)68-49-33-32-48(59-42-21-29-46(30-22-42)71(63,64)65)52-53(49)56(61)54-50(69-44-25-17-40(18-26-44)57(2,3)4)34-31-47(51(54)55(52)60)58-41-19-27-45(28-20-41)70-67-66-62/h11-36,58-59,62H,5-10H2,1-4H3,(H,63,64,65). The Morgan fingerprint density at radius 3 is 1.54 bits per heavy atom. The molecular formula is C57H54N2O8S4. The number of hydrogen-bond acceptors (Lipinski definition) is 12. The number of anilines is 4. The van der Waals surface area contributed by atoms with Crippen molar-refractivity contribution in [3.8, 4) is 11.1 Å². The minimum Gasteiger partial charge on any atom is -0.355 e. The molecule has 4 N–H and O–H groups in total. The van der Waals surface area contributed by atoms with Crippen LogP contribution in [0.4, 0.5) is 22.7 Å². The number of fused-ring (bicyclic) bond motifs is 2. The Hall–Kier alpha value is -5.68. The fraction of sp³-hybridized carbons (Fsp3) is 0.228. The monoisotopic (exact) mass is 1020 g/mol. The lowest BCUT2D eigenvalue weighted by Gasteiger charge is -2.28. The summed E-state index contributed by atoms with van der Waals surface area (Å²) in [5.74, 6) is 0.752. The van der Waals surface area contributed by atoms with Gasteiger partial charge in [0.1, 0.15) is 0 Å². The Labute approximate surface area is 428 Å². The molecule has 2 aliphatic carbocycles. The first-order valence-electron chi connectivity index (χ1n) is 23.6. The molecule has 2 aliphatic rings. The van der Waals surface area contributed by atoms with Crippen LogP contribution >= 0.6 is 35.6 Å². The van der Waals surface area contributed by atoms with Crippen molar-refractivity contribution < 1.29 is 37.2 Å². The van der Waals surface area contributed by atoms with Crippen molar-refractivity contribution in [1.29, 1.82) is 0 Å². The maximum atomic E-state index is 15.6. The van der Waals surface area contributed by atoms with Gasteiger partial charge in [0.15, 0.2) is 11.6 Å². The smallest absolute Gasteiger partial charge is 0.294 e. The van der Waals surface area contributed by atoms with E-state index >= 15 is 9.59 Å². The molecular weight excluding hydrogens is 969 g/mol. The van der Waals surface area contributed by atoms with Crippen LogP contribution in [0.25, 0.3) is 11.1 Å². The van der Waals surface area contributed by atoms with Crippen molar-refractivity contribution in [2.24, 2.45) is 5.92 Å². The zero-order chi connectivity index (χ0) is 49.9. The first-order chi connectivity index (χ1) is 34.2. The van der Waals surface area contributed by atoms with E-state index in [4.69, 9.17) is 5.26 Å². The van der Waals surface area contributed by atoms with Gasteiger partial charge in [-0.2, -0.15) is 8.42 Å². The second kappa shape index (κ2) is 21.6. The van der Waals surface area contributed by atoms with Crippen LogP contribution in [0, 0.1) is 5.92 Å².